The highest BCUT2D eigenvalue weighted by Crippen LogP contribution is 2.45. The summed E-state index contributed by atoms with van der Waals surface area (Å²) < 4.78 is 14.0. The number of nitrogens with one attached hydrogen (secondary N) is 1. The molecule has 4 nitrogen and oxygen atoms in total. The quantitative estimate of drug-likeness (QED) is 0.805. The largest absolute Gasteiger partial charge is 0.481 e. The smallest absolute Gasteiger partial charge is 0.311 e. The van der Waals surface area contributed by atoms with Crippen LogP contribution in [0.15, 0.2) is 18.2 Å². The van der Waals surface area contributed by atoms with Gasteiger partial charge in [0.2, 0.25) is 0 Å². The molecule has 0 aliphatic heterocycles. The van der Waals surface area contributed by atoms with Crippen LogP contribution in [-0.4, -0.2) is 23.5 Å². The van der Waals surface area contributed by atoms with Gasteiger partial charge in [0.15, 0.2) is 0 Å². The number of halogens is 2. The van der Waals surface area contributed by atoms with E-state index in [4.69, 9.17) is 5.11 Å². The predicted octanol–water partition coefficient (Wildman–Crippen LogP) is 2.02. The number of amides is 1. The van der Waals surface area contributed by atoms with Crippen LogP contribution in [-0.2, 0) is 4.79 Å². The molecule has 18 heavy (non-hydrogen) atoms. The van der Waals surface area contributed by atoms with Crippen LogP contribution in [0, 0.1) is 14.8 Å². The van der Waals surface area contributed by atoms with E-state index in [0.29, 0.717) is 16.4 Å². The summed E-state index contributed by atoms with van der Waals surface area (Å²) in [4.78, 5) is 22.8. The molecule has 0 unspecified atom stereocenters. The second kappa shape index (κ2) is 4.83. The van der Waals surface area contributed by atoms with Crippen LogP contribution in [0.25, 0.3) is 0 Å². The molecule has 0 aromatic heterocycles. The van der Waals surface area contributed by atoms with Gasteiger partial charge in [-0.1, -0.05) is 6.07 Å². The summed E-state index contributed by atoms with van der Waals surface area (Å²) in [5, 5.41) is 11.5. The highest BCUT2D eigenvalue weighted by molar-refractivity contribution is 14.1. The summed E-state index contributed by atoms with van der Waals surface area (Å²) in [5.74, 6) is -2.07. The number of rotatable bonds is 4. The minimum Gasteiger partial charge on any atom is -0.481 e. The molecule has 1 aromatic rings. The van der Waals surface area contributed by atoms with E-state index in [0.717, 1.165) is 0 Å². The van der Waals surface area contributed by atoms with Crippen LogP contribution in [0.1, 0.15) is 23.2 Å². The van der Waals surface area contributed by atoms with Crippen LogP contribution in [0.5, 0.6) is 0 Å². The van der Waals surface area contributed by atoms with E-state index in [2.05, 4.69) is 5.32 Å². The van der Waals surface area contributed by atoms with Crippen molar-refractivity contribution in [3.05, 3.63) is 33.1 Å². The van der Waals surface area contributed by atoms with Crippen molar-refractivity contribution in [3.63, 3.8) is 0 Å². The van der Waals surface area contributed by atoms with Crippen molar-refractivity contribution < 1.29 is 19.1 Å². The van der Waals surface area contributed by atoms with Gasteiger partial charge in [-0.2, -0.15) is 0 Å². The second-order valence-corrected chi connectivity index (χ2v) is 5.53. The fourth-order valence-electron chi connectivity index (χ4n) is 1.67. The van der Waals surface area contributed by atoms with Crippen molar-refractivity contribution in [2.24, 2.45) is 5.41 Å². The van der Waals surface area contributed by atoms with Gasteiger partial charge in [-0.3, -0.25) is 9.59 Å². The van der Waals surface area contributed by atoms with Gasteiger partial charge in [0.1, 0.15) is 5.82 Å². The lowest BCUT2D eigenvalue weighted by molar-refractivity contribution is -0.143. The summed E-state index contributed by atoms with van der Waals surface area (Å²) in [6.07, 6.45) is 1.11. The number of carbonyl (C=O) groups is 2. The molecule has 2 N–H and O–H groups in total. The van der Waals surface area contributed by atoms with E-state index >= 15 is 0 Å². The maximum Gasteiger partial charge on any atom is 0.311 e. The van der Waals surface area contributed by atoms with E-state index in [1.54, 1.807) is 6.07 Å². The first-order valence-corrected chi connectivity index (χ1v) is 6.50. The third-order valence-corrected chi connectivity index (χ3v) is 3.98. The molecule has 96 valence electrons. The molecule has 1 aliphatic rings. The third kappa shape index (κ3) is 2.47. The summed E-state index contributed by atoms with van der Waals surface area (Å²) in [7, 11) is 0. The lowest BCUT2D eigenvalue weighted by Gasteiger charge is -2.12. The number of carboxylic acid groups (broad SMARTS) is 1. The molecule has 1 aromatic carbocycles. The first-order chi connectivity index (χ1) is 8.46. The molecule has 1 aliphatic carbocycles. The van der Waals surface area contributed by atoms with Crippen molar-refractivity contribution in [2.45, 2.75) is 12.8 Å². The fraction of sp³-hybridized carbons (Fsp3) is 0.333. The topological polar surface area (TPSA) is 66.4 Å². The Hall–Kier alpha value is -1.18. The average Bonchev–Trinajstić information content (AvgIpc) is 3.07. The molecule has 0 saturated heterocycles. The number of carboxylic acids is 1. The molecule has 0 bridgehead atoms. The van der Waals surface area contributed by atoms with Crippen molar-refractivity contribution in [2.75, 3.05) is 6.54 Å². The molecule has 6 heteroatoms. The lowest BCUT2D eigenvalue weighted by atomic mass is 10.1. The van der Waals surface area contributed by atoms with Gasteiger partial charge >= 0.3 is 5.97 Å². The third-order valence-electron chi connectivity index (χ3n) is 3.08. The van der Waals surface area contributed by atoms with Crippen LogP contribution in [0.4, 0.5) is 4.39 Å². The number of hydrogen-bond donors (Lipinski definition) is 2. The first-order valence-electron chi connectivity index (χ1n) is 5.42. The molecule has 0 radical (unpaired) electrons. The Balaban J connectivity index is 2.07. The molecule has 1 fully saturated rings. The lowest BCUT2D eigenvalue weighted by Crippen LogP contribution is -2.35. The Morgan fingerprint density at radius 2 is 2.11 bits per heavy atom. The molecule has 0 spiro atoms. The van der Waals surface area contributed by atoms with E-state index in [9.17, 15) is 14.0 Å². The average molecular weight is 363 g/mol. The van der Waals surface area contributed by atoms with Crippen LogP contribution < -0.4 is 5.32 Å². The van der Waals surface area contributed by atoms with E-state index in [-0.39, 0.29) is 12.1 Å². The summed E-state index contributed by atoms with van der Waals surface area (Å²) in [6.45, 7) is 0.0472. The standard InChI is InChI=1S/C12H11FINO3/c13-7-2-1-3-8(14)9(7)10(16)15-6-12(4-5-12)11(17)18/h1-3H,4-6H2,(H,15,16)(H,17,18). The molecular weight excluding hydrogens is 352 g/mol. The van der Waals surface area contributed by atoms with E-state index in [1.807, 2.05) is 22.6 Å². The number of carbonyl (C=O) groups excluding carboxylic acids is 1. The zero-order valence-electron chi connectivity index (χ0n) is 9.37. The summed E-state index contributed by atoms with van der Waals surface area (Å²) >= 11 is 1.87. The number of benzene rings is 1. The Bertz CT molecular complexity index is 494. The van der Waals surface area contributed by atoms with Gasteiger partial charge in [0, 0.05) is 10.1 Å². The first kappa shape index (κ1) is 13.3. The minimum atomic E-state index is -0.911. The van der Waals surface area contributed by atoms with Crippen LogP contribution >= 0.6 is 22.6 Å². The molecule has 0 atom stereocenters. The fourth-order valence-corrected chi connectivity index (χ4v) is 2.38. The SMILES string of the molecule is O=C(NCC1(C(=O)O)CC1)c1c(F)cccc1I. The van der Waals surface area contributed by atoms with Crippen molar-refractivity contribution in [1.82, 2.24) is 5.32 Å². The van der Waals surface area contributed by atoms with Crippen molar-refractivity contribution >= 4 is 34.5 Å². The Morgan fingerprint density at radius 3 is 2.61 bits per heavy atom. The Kier molecular flexibility index (Phi) is 3.56. The highest BCUT2D eigenvalue weighted by atomic mass is 127. The molecule has 0 heterocycles. The Labute approximate surface area is 117 Å². The zero-order chi connectivity index (χ0) is 13.3. The highest BCUT2D eigenvalue weighted by Gasteiger charge is 2.50. The van der Waals surface area contributed by atoms with Gasteiger partial charge in [-0.15, -0.1) is 0 Å². The number of hydrogen-bond acceptors (Lipinski definition) is 2. The normalized spacial score (nSPS) is 16.1. The molecular formula is C12H11FINO3. The Morgan fingerprint density at radius 1 is 1.44 bits per heavy atom. The van der Waals surface area contributed by atoms with Crippen LogP contribution in [0.2, 0.25) is 0 Å². The van der Waals surface area contributed by atoms with E-state index in [1.165, 1.54) is 12.1 Å². The van der Waals surface area contributed by atoms with Gasteiger partial charge in [0.05, 0.1) is 11.0 Å². The zero-order valence-corrected chi connectivity index (χ0v) is 11.5. The van der Waals surface area contributed by atoms with Gasteiger partial charge in [0.25, 0.3) is 5.91 Å². The second-order valence-electron chi connectivity index (χ2n) is 4.36. The van der Waals surface area contributed by atoms with Gasteiger partial charge < -0.3 is 10.4 Å². The van der Waals surface area contributed by atoms with Crippen molar-refractivity contribution in [1.29, 1.82) is 0 Å². The predicted molar refractivity (Wildman–Crippen MR) is 70.8 cm³/mol. The van der Waals surface area contributed by atoms with Gasteiger partial charge in [-0.05, 0) is 47.6 Å². The minimum absolute atomic E-state index is 0.0284. The maximum atomic E-state index is 13.5. The molecule has 1 saturated carbocycles. The van der Waals surface area contributed by atoms with E-state index < -0.39 is 23.1 Å². The molecule has 1 amide bonds. The number of aliphatic carboxylic acids is 1. The van der Waals surface area contributed by atoms with Gasteiger partial charge in [-0.25, -0.2) is 4.39 Å². The summed E-state index contributed by atoms with van der Waals surface area (Å²) in [5.41, 5.74) is -0.869. The van der Waals surface area contributed by atoms with Crippen LogP contribution in [0.3, 0.4) is 0 Å². The molecule has 2 rings (SSSR count). The maximum absolute atomic E-state index is 13.5. The monoisotopic (exact) mass is 363 g/mol. The van der Waals surface area contributed by atoms with Crippen molar-refractivity contribution in [3.8, 4) is 0 Å². The summed E-state index contributed by atoms with van der Waals surface area (Å²) in [6, 6.07) is 4.36.